The van der Waals surface area contributed by atoms with E-state index in [4.69, 9.17) is 20.5 Å². The predicted octanol–water partition coefficient (Wildman–Crippen LogP) is 1.85. The van der Waals surface area contributed by atoms with Gasteiger partial charge in [-0.2, -0.15) is 0 Å². The third-order valence-electron chi connectivity index (χ3n) is 6.22. The van der Waals surface area contributed by atoms with Crippen molar-refractivity contribution in [2.75, 3.05) is 5.73 Å². The van der Waals surface area contributed by atoms with Crippen molar-refractivity contribution in [3.05, 3.63) is 16.8 Å². The molecule has 0 radical (unpaired) electrons. The molecule has 0 saturated carbocycles. The van der Waals surface area contributed by atoms with E-state index in [-0.39, 0.29) is 42.2 Å². The average molecular weight is 500 g/mol. The van der Waals surface area contributed by atoms with Crippen LogP contribution < -0.4 is 5.73 Å². The Hall–Kier alpha value is -2.35. The Labute approximate surface area is 194 Å². The molecule has 0 aromatic carbocycles. The Kier molecular flexibility index (Phi) is 7.23. The summed E-state index contributed by atoms with van der Waals surface area (Å²) in [5.74, 6) is -0.202. The van der Waals surface area contributed by atoms with Crippen LogP contribution in [-0.4, -0.2) is 69.0 Å². The second-order valence-electron chi connectivity index (χ2n) is 8.64. The fourth-order valence-electron chi connectivity index (χ4n) is 3.64. The number of aliphatic hydroxyl groups excluding tert-OH is 2. The van der Waals surface area contributed by atoms with Crippen molar-refractivity contribution in [2.24, 2.45) is 5.11 Å². The molecule has 1 aliphatic heterocycles. The van der Waals surface area contributed by atoms with Gasteiger partial charge in [-0.1, -0.05) is 13.8 Å². The summed E-state index contributed by atoms with van der Waals surface area (Å²) in [4.78, 5) is 25.1. The topological polar surface area (TPSA) is 235 Å². The van der Waals surface area contributed by atoms with Crippen LogP contribution in [-0.2, 0) is 13.8 Å². The maximum atomic E-state index is 12.8. The fraction of sp³-hybridized carbons (Fsp3) is 0.722. The molecule has 15 nitrogen and oxygen atoms in total. The molecule has 0 aliphatic carbocycles. The second-order valence-corrected chi connectivity index (χ2v) is 10.8. The van der Waals surface area contributed by atoms with Crippen molar-refractivity contribution in [3.63, 3.8) is 0 Å². The smallest absolute Gasteiger partial charge is 0.359 e. The van der Waals surface area contributed by atoms with Gasteiger partial charge in [0.25, 0.3) is 0 Å². The largest absolute Gasteiger partial charge is 0.388 e. The Morgan fingerprint density at radius 3 is 2.59 bits per heavy atom. The van der Waals surface area contributed by atoms with Gasteiger partial charge in [0.1, 0.15) is 18.5 Å². The molecule has 6 N–H and O–H groups in total. The Bertz CT molecular complexity index is 1150. The van der Waals surface area contributed by atoms with E-state index in [1.807, 2.05) is 0 Å². The molecule has 3 unspecified atom stereocenters. The summed E-state index contributed by atoms with van der Waals surface area (Å²) in [7, 11) is -4.49. The van der Waals surface area contributed by atoms with E-state index in [1.165, 1.54) is 11.5 Å². The third kappa shape index (κ3) is 4.61. The van der Waals surface area contributed by atoms with Gasteiger partial charge in [0.15, 0.2) is 28.6 Å². The number of nitrogens with zero attached hydrogens (tertiary/aromatic N) is 7. The quantitative estimate of drug-likeness (QED) is 0.144. The van der Waals surface area contributed by atoms with Crippen LogP contribution in [0, 0.1) is 0 Å². The van der Waals surface area contributed by atoms with E-state index in [9.17, 15) is 24.8 Å². The molecule has 3 heterocycles. The molecular weight excluding hydrogens is 471 g/mol. The minimum Gasteiger partial charge on any atom is -0.388 e. The van der Waals surface area contributed by atoms with Crippen LogP contribution in [0.5, 0.6) is 0 Å². The molecule has 2 aromatic heterocycles. The van der Waals surface area contributed by atoms with Crippen LogP contribution >= 0.6 is 7.60 Å². The summed E-state index contributed by atoms with van der Waals surface area (Å²) in [5, 5.41) is 33.3. The number of azide groups is 1. The zero-order valence-corrected chi connectivity index (χ0v) is 20.1. The monoisotopic (exact) mass is 500 g/mol. The molecule has 188 valence electrons. The number of anilines is 1. The standard InChI is InChI=1S/C18H29N8O7P/c1-5-17(3,33-34(30,31)18(4,29)6-2)7-9-11(27)12(28)15(32-9)26-14-10(13(19)21-8-22-14)23-16(26)24-25-20/h8-9,11-12,15,27-29H,5-7H2,1-4H3,(H,30,31)(H2,19,21,22)/t9-,11-,12-,15-,17?,18?/m1/s1. The van der Waals surface area contributed by atoms with E-state index >= 15 is 0 Å². The van der Waals surface area contributed by atoms with Crippen LogP contribution in [0.25, 0.3) is 21.6 Å². The summed E-state index contributed by atoms with van der Waals surface area (Å²) < 4.78 is 25.4. The molecule has 2 aromatic rings. The van der Waals surface area contributed by atoms with E-state index in [0.717, 1.165) is 6.33 Å². The Balaban J connectivity index is 1.94. The molecule has 0 spiro atoms. The van der Waals surface area contributed by atoms with Crippen molar-refractivity contribution in [1.29, 1.82) is 0 Å². The first-order valence-electron chi connectivity index (χ1n) is 10.6. The van der Waals surface area contributed by atoms with Gasteiger partial charge < -0.3 is 35.2 Å². The van der Waals surface area contributed by atoms with Crippen molar-refractivity contribution < 1.29 is 34.0 Å². The van der Waals surface area contributed by atoms with E-state index in [1.54, 1.807) is 20.8 Å². The van der Waals surface area contributed by atoms with Crippen molar-refractivity contribution in [3.8, 4) is 0 Å². The molecule has 3 rings (SSSR count). The van der Waals surface area contributed by atoms with Crippen molar-refractivity contribution >= 4 is 30.5 Å². The number of aromatic nitrogens is 4. The van der Waals surface area contributed by atoms with Gasteiger partial charge in [-0.05, 0) is 37.3 Å². The first kappa shape index (κ1) is 26.3. The predicted molar refractivity (Wildman–Crippen MR) is 120 cm³/mol. The number of ether oxygens (including phenoxy) is 1. The van der Waals surface area contributed by atoms with E-state index < -0.39 is 43.1 Å². The lowest BCUT2D eigenvalue weighted by molar-refractivity contribution is -0.0684. The maximum Gasteiger partial charge on any atom is 0.359 e. The van der Waals surface area contributed by atoms with Gasteiger partial charge in [-0.15, -0.1) is 0 Å². The number of nitrogens with two attached hydrogens (primary N) is 1. The fourth-order valence-corrected chi connectivity index (χ4v) is 5.04. The SMILES string of the molecule is CCC(C)(C[C@H]1O[C@@H](n2c(N=[N+]=[N-])nc3c(N)ncnc32)[C@H](O)[C@@H]1O)OP(=O)(O)C(C)(O)CC. The maximum absolute atomic E-state index is 12.8. The van der Waals surface area contributed by atoms with Gasteiger partial charge in [0, 0.05) is 11.3 Å². The number of rotatable bonds is 9. The van der Waals surface area contributed by atoms with Crippen LogP contribution in [0.3, 0.4) is 0 Å². The first-order chi connectivity index (χ1) is 15.8. The molecule has 0 bridgehead atoms. The Morgan fingerprint density at radius 2 is 2.00 bits per heavy atom. The number of hydrogen-bond donors (Lipinski definition) is 5. The molecule has 34 heavy (non-hydrogen) atoms. The highest BCUT2D eigenvalue weighted by molar-refractivity contribution is 7.54. The van der Waals surface area contributed by atoms with Crippen LogP contribution in [0.2, 0.25) is 0 Å². The third-order valence-corrected chi connectivity index (χ3v) is 8.44. The molecule has 1 saturated heterocycles. The summed E-state index contributed by atoms with van der Waals surface area (Å²) in [6.45, 7) is 6.01. The van der Waals surface area contributed by atoms with Gasteiger partial charge >= 0.3 is 7.60 Å². The molecule has 1 aliphatic rings. The summed E-state index contributed by atoms with van der Waals surface area (Å²) in [6.07, 6.45) is -4.04. The summed E-state index contributed by atoms with van der Waals surface area (Å²) in [6, 6.07) is 0. The average Bonchev–Trinajstić information content (AvgIpc) is 3.26. The number of hydrogen-bond acceptors (Lipinski definition) is 11. The second kappa shape index (κ2) is 9.36. The van der Waals surface area contributed by atoms with Crippen LogP contribution in [0.1, 0.15) is 53.2 Å². The van der Waals surface area contributed by atoms with Crippen LogP contribution in [0.15, 0.2) is 11.4 Å². The normalized spacial score (nSPS) is 28.1. The zero-order chi connectivity index (χ0) is 25.5. The number of imidazole rings is 1. The lowest BCUT2D eigenvalue weighted by Gasteiger charge is -2.37. The zero-order valence-electron chi connectivity index (χ0n) is 19.2. The first-order valence-corrected chi connectivity index (χ1v) is 12.2. The molecule has 1 fully saturated rings. The summed E-state index contributed by atoms with van der Waals surface area (Å²) >= 11 is 0. The van der Waals surface area contributed by atoms with E-state index in [2.05, 4.69) is 25.0 Å². The number of aliphatic hydroxyl groups is 3. The Morgan fingerprint density at radius 1 is 1.32 bits per heavy atom. The van der Waals surface area contributed by atoms with E-state index in [0.29, 0.717) is 0 Å². The molecular formula is C18H29N8O7P. The molecule has 16 heteroatoms. The highest BCUT2D eigenvalue weighted by Crippen LogP contribution is 2.59. The van der Waals surface area contributed by atoms with Crippen LogP contribution in [0.4, 0.5) is 11.8 Å². The molecule has 7 atom stereocenters. The lowest BCUT2D eigenvalue weighted by Crippen LogP contribution is -2.40. The van der Waals surface area contributed by atoms with Gasteiger partial charge in [-0.3, -0.25) is 9.13 Å². The molecule has 0 amide bonds. The van der Waals surface area contributed by atoms with Gasteiger partial charge in [0.2, 0.25) is 5.95 Å². The highest BCUT2D eigenvalue weighted by Gasteiger charge is 2.51. The number of fused-ring (bicyclic) bond motifs is 1. The number of nitrogen functional groups attached to an aromatic ring is 1. The van der Waals surface area contributed by atoms with Crippen molar-refractivity contribution in [2.45, 2.75) is 82.4 Å². The minimum atomic E-state index is -4.49. The lowest BCUT2D eigenvalue weighted by atomic mass is 9.93. The van der Waals surface area contributed by atoms with Gasteiger partial charge in [0.05, 0.1) is 11.7 Å². The highest BCUT2D eigenvalue weighted by atomic mass is 31.2. The minimum absolute atomic E-state index is 0.0105. The van der Waals surface area contributed by atoms with Gasteiger partial charge in [-0.25, -0.2) is 15.0 Å². The summed E-state index contributed by atoms with van der Waals surface area (Å²) in [5.41, 5.74) is 13.7. The van der Waals surface area contributed by atoms with Crippen molar-refractivity contribution in [1.82, 2.24) is 19.5 Å².